The van der Waals surface area contributed by atoms with Crippen LogP contribution in [0.25, 0.3) is 0 Å². The molecule has 0 aliphatic rings. The molecule has 0 radical (unpaired) electrons. The fraction of sp³-hybridized carbons (Fsp3) is 0. The van der Waals surface area contributed by atoms with Crippen LogP contribution in [0.1, 0.15) is 0 Å². The first-order valence-corrected chi connectivity index (χ1v) is 2.65. The summed E-state index contributed by atoms with van der Waals surface area (Å²) in [4.78, 5) is 10.3. The zero-order valence-electron chi connectivity index (χ0n) is 5.02. The van der Waals surface area contributed by atoms with E-state index in [1.54, 1.807) is 0 Å². The van der Waals surface area contributed by atoms with Crippen molar-refractivity contribution in [1.29, 1.82) is 0 Å². The van der Waals surface area contributed by atoms with Crippen LogP contribution >= 0.6 is 0 Å². The van der Waals surface area contributed by atoms with Crippen LogP contribution < -0.4 is 11.1 Å². The van der Waals surface area contributed by atoms with E-state index in [4.69, 9.17) is 10.0 Å². The zero-order valence-corrected chi connectivity index (χ0v) is 5.02. The lowest BCUT2D eigenvalue weighted by Crippen LogP contribution is -2.30. The molecule has 0 aromatic carbocycles. The van der Waals surface area contributed by atoms with E-state index >= 15 is 0 Å². The predicted molar refractivity (Wildman–Crippen MR) is 34.8 cm³/mol. The van der Waals surface area contributed by atoms with Gasteiger partial charge in [-0.25, -0.2) is 4.79 Å². The van der Waals surface area contributed by atoms with Gasteiger partial charge in [0.05, 0.1) is 6.26 Å². The van der Waals surface area contributed by atoms with E-state index < -0.39 is 12.7 Å². The van der Waals surface area contributed by atoms with Crippen LogP contribution in [0, 0.1) is 0 Å². The SMILES string of the molecule is O=c1ccc(B(O)O)co1. The van der Waals surface area contributed by atoms with E-state index in [9.17, 15) is 4.79 Å². The molecular formula is C5H5BO4. The molecule has 0 saturated heterocycles. The van der Waals surface area contributed by atoms with E-state index in [-0.39, 0.29) is 5.46 Å². The van der Waals surface area contributed by atoms with E-state index in [2.05, 4.69) is 4.42 Å². The van der Waals surface area contributed by atoms with Crippen molar-refractivity contribution in [2.24, 2.45) is 0 Å². The van der Waals surface area contributed by atoms with Gasteiger partial charge in [-0.15, -0.1) is 0 Å². The molecule has 1 rings (SSSR count). The highest BCUT2D eigenvalue weighted by molar-refractivity contribution is 6.58. The van der Waals surface area contributed by atoms with Gasteiger partial charge in [-0.05, 0) is 0 Å². The van der Waals surface area contributed by atoms with E-state index in [0.29, 0.717) is 0 Å². The van der Waals surface area contributed by atoms with Gasteiger partial charge in [0, 0.05) is 11.5 Å². The Bertz CT molecular complexity index is 246. The van der Waals surface area contributed by atoms with Crippen LogP contribution in [0.2, 0.25) is 0 Å². The second-order valence-electron chi connectivity index (χ2n) is 1.76. The molecule has 0 spiro atoms. The summed E-state index contributed by atoms with van der Waals surface area (Å²) in [5, 5.41) is 17.0. The molecule has 4 nitrogen and oxygen atoms in total. The fourth-order valence-electron chi connectivity index (χ4n) is 0.516. The number of rotatable bonds is 1. The Morgan fingerprint density at radius 2 is 2.10 bits per heavy atom. The van der Waals surface area contributed by atoms with Crippen molar-refractivity contribution in [3.05, 3.63) is 28.8 Å². The van der Waals surface area contributed by atoms with Gasteiger partial charge in [0.25, 0.3) is 0 Å². The van der Waals surface area contributed by atoms with Gasteiger partial charge in [-0.3, -0.25) is 0 Å². The number of hydrogen-bond acceptors (Lipinski definition) is 4. The normalized spacial score (nSPS) is 9.40. The number of hydrogen-bond donors (Lipinski definition) is 2. The molecule has 1 aromatic rings. The quantitative estimate of drug-likeness (QED) is 0.457. The molecule has 52 valence electrons. The molecule has 0 aliphatic heterocycles. The first kappa shape index (κ1) is 7.05. The van der Waals surface area contributed by atoms with Gasteiger partial charge in [0.2, 0.25) is 0 Å². The summed E-state index contributed by atoms with van der Waals surface area (Å²) in [6, 6.07) is 2.41. The van der Waals surface area contributed by atoms with E-state index in [1.807, 2.05) is 0 Å². The Balaban J connectivity index is 3.00. The highest BCUT2D eigenvalue weighted by atomic mass is 16.4. The van der Waals surface area contributed by atoms with Crippen molar-refractivity contribution in [3.63, 3.8) is 0 Å². The molecule has 0 fully saturated rings. The van der Waals surface area contributed by atoms with Gasteiger partial charge >= 0.3 is 12.7 Å². The lowest BCUT2D eigenvalue weighted by Gasteiger charge is -1.93. The maximum absolute atomic E-state index is 10.3. The molecule has 0 unspecified atom stereocenters. The second kappa shape index (κ2) is 2.68. The molecule has 0 bridgehead atoms. The zero-order chi connectivity index (χ0) is 7.56. The third kappa shape index (κ3) is 1.46. The molecule has 10 heavy (non-hydrogen) atoms. The minimum absolute atomic E-state index is 0.166. The van der Waals surface area contributed by atoms with Gasteiger partial charge < -0.3 is 14.5 Å². The van der Waals surface area contributed by atoms with Crippen molar-refractivity contribution in [2.45, 2.75) is 0 Å². The smallest absolute Gasteiger partial charge is 0.432 e. The van der Waals surface area contributed by atoms with Crippen LogP contribution in [-0.4, -0.2) is 17.2 Å². The minimum Gasteiger partial charge on any atom is -0.432 e. The van der Waals surface area contributed by atoms with Crippen molar-refractivity contribution >= 4 is 12.6 Å². The summed E-state index contributed by atoms with van der Waals surface area (Å²) in [5.74, 6) is 0. The Morgan fingerprint density at radius 1 is 1.40 bits per heavy atom. The summed E-state index contributed by atoms with van der Waals surface area (Å²) >= 11 is 0. The Kier molecular flexibility index (Phi) is 1.89. The van der Waals surface area contributed by atoms with Crippen LogP contribution in [-0.2, 0) is 0 Å². The summed E-state index contributed by atoms with van der Waals surface area (Å²) in [7, 11) is -1.58. The van der Waals surface area contributed by atoms with Crippen LogP contribution in [0.15, 0.2) is 27.6 Å². The van der Waals surface area contributed by atoms with Crippen LogP contribution in [0.4, 0.5) is 0 Å². The second-order valence-corrected chi connectivity index (χ2v) is 1.76. The molecule has 5 heteroatoms. The summed E-state index contributed by atoms with van der Waals surface area (Å²) < 4.78 is 4.34. The fourth-order valence-corrected chi connectivity index (χ4v) is 0.516. The molecule has 0 saturated carbocycles. The molecule has 1 aromatic heterocycles. The first-order valence-electron chi connectivity index (χ1n) is 2.65. The summed E-state index contributed by atoms with van der Waals surface area (Å²) in [5.41, 5.74) is -0.344. The molecular weight excluding hydrogens is 135 g/mol. The van der Waals surface area contributed by atoms with Crippen molar-refractivity contribution in [3.8, 4) is 0 Å². The van der Waals surface area contributed by atoms with Crippen molar-refractivity contribution in [2.75, 3.05) is 0 Å². The molecule has 0 amide bonds. The third-order valence-corrected chi connectivity index (χ3v) is 1.02. The van der Waals surface area contributed by atoms with E-state index in [1.165, 1.54) is 6.07 Å². The Labute approximate surface area is 56.9 Å². The minimum atomic E-state index is -1.58. The maximum Gasteiger partial charge on any atom is 0.491 e. The monoisotopic (exact) mass is 140 g/mol. The summed E-state index contributed by atoms with van der Waals surface area (Å²) in [6.45, 7) is 0. The van der Waals surface area contributed by atoms with Crippen LogP contribution in [0.5, 0.6) is 0 Å². The standard InChI is InChI=1S/C5H5BO4/c7-5-2-1-4(3-10-5)6(8)9/h1-3,8-9H. The lowest BCUT2D eigenvalue weighted by molar-refractivity contribution is 0.422. The molecule has 0 aliphatic carbocycles. The van der Waals surface area contributed by atoms with Gasteiger partial charge in [-0.2, -0.15) is 0 Å². The average Bonchev–Trinajstić information content (AvgIpc) is 1.88. The van der Waals surface area contributed by atoms with E-state index in [0.717, 1.165) is 12.3 Å². The average molecular weight is 140 g/mol. The Hall–Kier alpha value is -1.07. The largest absolute Gasteiger partial charge is 0.491 e. The summed E-state index contributed by atoms with van der Waals surface area (Å²) in [6.07, 6.45) is 1.01. The molecule has 2 N–H and O–H groups in total. The van der Waals surface area contributed by atoms with Gasteiger partial charge in [-0.1, -0.05) is 6.07 Å². The lowest BCUT2D eigenvalue weighted by atomic mass is 9.82. The van der Waals surface area contributed by atoms with Gasteiger partial charge in [0.15, 0.2) is 0 Å². The molecule has 1 heterocycles. The highest BCUT2D eigenvalue weighted by Gasteiger charge is 2.10. The van der Waals surface area contributed by atoms with Gasteiger partial charge in [0.1, 0.15) is 0 Å². The maximum atomic E-state index is 10.3. The highest BCUT2D eigenvalue weighted by Crippen LogP contribution is 1.76. The first-order chi connectivity index (χ1) is 4.70. The predicted octanol–water partition coefficient (Wildman–Crippen LogP) is -1.68. The van der Waals surface area contributed by atoms with Crippen molar-refractivity contribution < 1.29 is 14.5 Å². The Morgan fingerprint density at radius 3 is 2.50 bits per heavy atom. The van der Waals surface area contributed by atoms with Crippen molar-refractivity contribution in [1.82, 2.24) is 0 Å². The third-order valence-electron chi connectivity index (χ3n) is 1.02. The molecule has 0 atom stereocenters. The van der Waals surface area contributed by atoms with Crippen LogP contribution in [0.3, 0.4) is 0 Å². The topological polar surface area (TPSA) is 70.7 Å².